The Labute approximate surface area is 312 Å². The summed E-state index contributed by atoms with van der Waals surface area (Å²) in [7, 11) is -4.03. The van der Waals surface area contributed by atoms with Crippen molar-refractivity contribution in [1.82, 2.24) is 24.5 Å². The summed E-state index contributed by atoms with van der Waals surface area (Å²) >= 11 is 1.57. The number of likely N-dealkylation sites (tertiary alicyclic amines) is 1. The SMILES string of the molecule is C[C@@H](NC(=O)[C@@H]1CC2(CCCCC2)CN1C(=O)CNC(=O)c1ccc2c(c1)Oc1ccccc1S2)c1cc2cnccc2n1S(=O)(=O)c1ccccc1. The molecule has 5 aromatic rings. The molecular formula is C40H39N5O6S2. The van der Waals surface area contributed by atoms with Gasteiger partial charge in [0.05, 0.1) is 38.5 Å². The van der Waals surface area contributed by atoms with Crippen LogP contribution in [0, 0.1) is 5.41 Å². The molecule has 13 heteroatoms. The number of rotatable bonds is 8. The maximum Gasteiger partial charge on any atom is 0.268 e. The van der Waals surface area contributed by atoms with Crippen LogP contribution in [0.25, 0.3) is 10.9 Å². The number of ether oxygens (including phenoxy) is 1. The van der Waals surface area contributed by atoms with Crippen LogP contribution in [0.2, 0.25) is 0 Å². The molecule has 0 unspecified atom stereocenters. The van der Waals surface area contributed by atoms with Gasteiger partial charge < -0.3 is 20.3 Å². The fourth-order valence-electron chi connectivity index (χ4n) is 7.95. The number of benzene rings is 3. The van der Waals surface area contributed by atoms with Gasteiger partial charge in [-0.3, -0.25) is 19.4 Å². The zero-order valence-corrected chi connectivity index (χ0v) is 30.8. The molecule has 4 heterocycles. The first-order valence-corrected chi connectivity index (χ1v) is 20.1. The Morgan fingerprint density at radius 1 is 0.943 bits per heavy atom. The third kappa shape index (κ3) is 6.67. The van der Waals surface area contributed by atoms with E-state index < -0.39 is 28.0 Å². The van der Waals surface area contributed by atoms with Crippen LogP contribution < -0.4 is 15.4 Å². The Balaban J connectivity index is 1.01. The number of hydrogen-bond donors (Lipinski definition) is 2. The molecule has 2 N–H and O–H groups in total. The standard InChI is InChI=1S/C40H39N5O6S2/c1-26(31-20-28-23-41-19-16-30(28)45(31)53(49,50)29-10-4-2-5-11-29)43-39(48)32-22-40(17-8-3-9-18-40)25-44(32)37(46)24-42-38(47)27-14-15-36-34(21-27)51-33-12-6-7-13-35(33)52-36/h2,4-7,10-16,19-21,23,26,32H,3,8-9,17-18,22,24-25H2,1H3,(H,42,47)(H,43,48)/t26-,32+/m1/s1. The lowest BCUT2D eigenvalue weighted by molar-refractivity contribution is -0.138. The van der Waals surface area contributed by atoms with Crippen molar-refractivity contribution in [2.24, 2.45) is 5.41 Å². The highest BCUT2D eigenvalue weighted by Crippen LogP contribution is 2.48. The van der Waals surface area contributed by atoms with E-state index in [2.05, 4.69) is 15.6 Å². The number of para-hydroxylation sites is 1. The minimum absolute atomic E-state index is 0.120. The van der Waals surface area contributed by atoms with Crippen molar-refractivity contribution in [1.29, 1.82) is 0 Å². The van der Waals surface area contributed by atoms with E-state index in [1.807, 2.05) is 30.3 Å². The normalized spacial score (nSPS) is 18.1. The van der Waals surface area contributed by atoms with Gasteiger partial charge in [0.15, 0.2) is 0 Å². The van der Waals surface area contributed by atoms with E-state index in [9.17, 15) is 22.8 Å². The molecule has 3 amide bonds. The quantitative estimate of drug-likeness (QED) is 0.176. The molecule has 2 aliphatic heterocycles. The van der Waals surface area contributed by atoms with Gasteiger partial charge in [-0.2, -0.15) is 0 Å². The average molecular weight is 750 g/mol. The van der Waals surface area contributed by atoms with Gasteiger partial charge in [0.2, 0.25) is 11.8 Å². The first-order valence-electron chi connectivity index (χ1n) is 17.8. The van der Waals surface area contributed by atoms with Crippen LogP contribution in [-0.2, 0) is 19.6 Å². The largest absolute Gasteiger partial charge is 0.455 e. The number of amides is 3. The molecule has 1 aliphatic carbocycles. The highest BCUT2D eigenvalue weighted by molar-refractivity contribution is 7.99. The van der Waals surface area contributed by atoms with Crippen molar-refractivity contribution in [3.63, 3.8) is 0 Å². The molecule has 2 fully saturated rings. The summed E-state index contributed by atoms with van der Waals surface area (Å²) in [6.45, 7) is 1.89. The molecule has 272 valence electrons. The zero-order chi connectivity index (χ0) is 36.7. The first kappa shape index (κ1) is 34.9. The fraction of sp³-hybridized carbons (Fsp3) is 0.300. The molecule has 2 aromatic heterocycles. The lowest BCUT2D eigenvalue weighted by atomic mass is 9.72. The van der Waals surface area contributed by atoms with Crippen molar-refractivity contribution in [3.8, 4) is 11.5 Å². The van der Waals surface area contributed by atoms with Gasteiger partial charge in [0.1, 0.15) is 17.5 Å². The van der Waals surface area contributed by atoms with Crippen LogP contribution in [0.3, 0.4) is 0 Å². The molecule has 2 atom stereocenters. The van der Waals surface area contributed by atoms with Gasteiger partial charge >= 0.3 is 0 Å². The third-order valence-corrected chi connectivity index (χ3v) is 13.5. The van der Waals surface area contributed by atoms with Crippen LogP contribution in [0.5, 0.6) is 11.5 Å². The second-order valence-corrected chi connectivity index (χ2v) is 17.0. The van der Waals surface area contributed by atoms with Gasteiger partial charge in [-0.25, -0.2) is 12.4 Å². The summed E-state index contributed by atoms with van der Waals surface area (Å²) in [5.41, 5.74) is 0.991. The molecule has 0 radical (unpaired) electrons. The third-order valence-electron chi connectivity index (χ3n) is 10.6. The summed E-state index contributed by atoms with van der Waals surface area (Å²) in [5.74, 6) is 0.162. The molecule has 53 heavy (non-hydrogen) atoms. The minimum Gasteiger partial charge on any atom is -0.455 e. The van der Waals surface area contributed by atoms with Gasteiger partial charge in [-0.1, -0.05) is 61.4 Å². The summed E-state index contributed by atoms with van der Waals surface area (Å²) in [6, 6.07) is 22.9. The Kier molecular flexibility index (Phi) is 9.23. The van der Waals surface area contributed by atoms with Crippen LogP contribution >= 0.6 is 11.8 Å². The van der Waals surface area contributed by atoms with E-state index in [4.69, 9.17) is 4.74 Å². The summed E-state index contributed by atoms with van der Waals surface area (Å²) in [4.78, 5) is 49.3. The van der Waals surface area contributed by atoms with Crippen molar-refractivity contribution in [2.45, 2.75) is 72.2 Å². The molecule has 3 aromatic carbocycles. The molecule has 3 aliphatic rings. The second-order valence-electron chi connectivity index (χ2n) is 14.1. The Morgan fingerprint density at radius 2 is 1.70 bits per heavy atom. The lowest BCUT2D eigenvalue weighted by Gasteiger charge is -2.33. The lowest BCUT2D eigenvalue weighted by Crippen LogP contribution is -2.49. The Bertz CT molecular complexity index is 2340. The van der Waals surface area contributed by atoms with E-state index >= 15 is 0 Å². The molecule has 0 bridgehead atoms. The number of pyridine rings is 1. The zero-order valence-electron chi connectivity index (χ0n) is 29.2. The molecule has 1 spiro atoms. The predicted octanol–water partition coefficient (Wildman–Crippen LogP) is 6.69. The van der Waals surface area contributed by atoms with Gasteiger partial charge in [0.25, 0.3) is 15.9 Å². The van der Waals surface area contributed by atoms with E-state index in [-0.39, 0.29) is 28.7 Å². The van der Waals surface area contributed by atoms with Gasteiger partial charge in [-0.05, 0) is 86.2 Å². The van der Waals surface area contributed by atoms with Gasteiger partial charge in [0, 0.05) is 29.9 Å². The highest BCUT2D eigenvalue weighted by atomic mass is 32.2. The number of nitrogens with one attached hydrogen (secondary N) is 2. The number of aromatic nitrogens is 2. The van der Waals surface area contributed by atoms with E-state index in [1.165, 1.54) is 22.3 Å². The molecule has 8 rings (SSSR count). The fourth-order valence-corrected chi connectivity index (χ4v) is 10.5. The van der Waals surface area contributed by atoms with Crippen LogP contribution in [0.15, 0.2) is 112 Å². The van der Waals surface area contributed by atoms with Crippen LogP contribution in [-0.4, -0.2) is 59.1 Å². The van der Waals surface area contributed by atoms with Crippen LogP contribution in [0.4, 0.5) is 0 Å². The van der Waals surface area contributed by atoms with Crippen molar-refractivity contribution >= 4 is 50.4 Å². The average Bonchev–Trinajstić information content (AvgIpc) is 3.76. The monoisotopic (exact) mass is 749 g/mol. The minimum atomic E-state index is -4.03. The first-order chi connectivity index (χ1) is 25.6. The summed E-state index contributed by atoms with van der Waals surface area (Å²) < 4.78 is 35.3. The maximum atomic E-state index is 14.2. The summed E-state index contributed by atoms with van der Waals surface area (Å²) in [5, 5.41) is 6.45. The number of hydrogen-bond acceptors (Lipinski definition) is 8. The Hall–Kier alpha value is -5.14. The van der Waals surface area contributed by atoms with Crippen molar-refractivity contribution in [2.75, 3.05) is 13.1 Å². The topological polar surface area (TPSA) is 140 Å². The van der Waals surface area contributed by atoms with E-state index in [1.54, 1.807) is 72.2 Å². The predicted molar refractivity (Wildman–Crippen MR) is 200 cm³/mol. The second kappa shape index (κ2) is 14.0. The molecule has 1 saturated carbocycles. The number of fused-ring (bicyclic) bond motifs is 3. The molecular weight excluding hydrogens is 711 g/mol. The number of carbonyl (C=O) groups is 3. The van der Waals surface area contributed by atoms with Gasteiger partial charge in [-0.15, -0.1) is 0 Å². The van der Waals surface area contributed by atoms with E-state index in [0.29, 0.717) is 40.9 Å². The van der Waals surface area contributed by atoms with Crippen molar-refractivity contribution < 1.29 is 27.5 Å². The number of carbonyl (C=O) groups excluding carboxylic acids is 3. The molecule has 11 nitrogen and oxygen atoms in total. The van der Waals surface area contributed by atoms with Crippen molar-refractivity contribution in [3.05, 3.63) is 109 Å². The smallest absolute Gasteiger partial charge is 0.268 e. The maximum absolute atomic E-state index is 14.2. The Morgan fingerprint density at radius 3 is 2.51 bits per heavy atom. The van der Waals surface area contributed by atoms with Crippen LogP contribution in [0.1, 0.15) is 67.5 Å². The number of nitrogens with zero attached hydrogens (tertiary/aromatic N) is 3. The summed E-state index contributed by atoms with van der Waals surface area (Å²) in [6.07, 6.45) is 8.62. The molecule has 1 saturated heterocycles. The highest BCUT2D eigenvalue weighted by Gasteiger charge is 2.49. The van der Waals surface area contributed by atoms with E-state index in [0.717, 1.165) is 47.6 Å².